The Hall–Kier alpha value is 0.199. The first kappa shape index (κ1) is 28.7. The van der Waals surface area contributed by atoms with Gasteiger partial charge in [0.05, 0.1) is 49.3 Å². The quantitative estimate of drug-likeness (QED) is 0.197. The molecule has 4 aliphatic carbocycles. The van der Waals surface area contributed by atoms with Crippen molar-refractivity contribution in [1.82, 2.24) is 42.5 Å². The van der Waals surface area contributed by atoms with E-state index >= 15 is 0 Å². The van der Waals surface area contributed by atoms with Crippen molar-refractivity contribution >= 4 is 0 Å². The molecule has 0 aromatic carbocycles. The van der Waals surface area contributed by atoms with Crippen LogP contribution in [0.1, 0.15) is 104 Å². The fraction of sp³-hybridized carbons (Fsp3) is 1.00. The molecule has 4 saturated carbocycles. The largest absolute Gasteiger partial charge is 1.00 e. The molecule has 9 rings (SSSR count). The van der Waals surface area contributed by atoms with E-state index in [2.05, 4.69) is 42.5 Å². The molecule has 8 unspecified atom stereocenters. The molecule has 8 nitrogen and oxygen atoms in total. The van der Waals surface area contributed by atoms with Crippen LogP contribution in [-0.4, -0.2) is 49.3 Å². The molecule has 8 N–H and O–H groups in total. The summed E-state index contributed by atoms with van der Waals surface area (Å²) in [5, 5.41) is 33.8. The zero-order valence-electron chi connectivity index (χ0n) is 25.9. The van der Waals surface area contributed by atoms with Crippen LogP contribution in [0.5, 0.6) is 0 Å². The van der Waals surface area contributed by atoms with Gasteiger partial charge in [0.2, 0.25) is 0 Å². The Morgan fingerprint density at radius 2 is 0.366 bits per heavy atom. The molecule has 5 saturated heterocycles. The van der Waals surface area contributed by atoms with E-state index in [9.17, 15) is 0 Å². The molecule has 0 spiro atoms. The Labute approximate surface area is 259 Å². The van der Waals surface area contributed by atoms with E-state index in [1.54, 1.807) is 0 Å². The fourth-order valence-electron chi connectivity index (χ4n) is 12.0. The molecule has 41 heavy (non-hydrogen) atoms. The van der Waals surface area contributed by atoms with E-state index in [0.717, 1.165) is 47.3 Å². The third-order valence-corrected chi connectivity index (χ3v) is 13.8. The molecule has 9 fully saturated rings. The average molecular weight is 617 g/mol. The molecular formula is C32H57CuN8+. The topological polar surface area (TPSA) is 96.2 Å². The molecular weight excluding hydrogens is 560 g/mol. The smallest absolute Gasteiger partial charge is 0.286 e. The first-order valence-corrected chi connectivity index (χ1v) is 17.9. The van der Waals surface area contributed by atoms with Crippen molar-refractivity contribution in [1.29, 1.82) is 0 Å². The first-order valence-electron chi connectivity index (χ1n) is 17.9. The number of fused-ring (bicyclic) bond motifs is 20. The molecule has 8 bridgehead atoms. The molecule has 1 radical (unpaired) electrons. The predicted octanol–water partition coefficient (Wildman–Crippen LogP) is 2.72. The van der Waals surface area contributed by atoms with Crippen LogP contribution < -0.4 is 42.5 Å². The zero-order chi connectivity index (χ0) is 26.2. The van der Waals surface area contributed by atoms with Crippen LogP contribution in [0.3, 0.4) is 0 Å². The average Bonchev–Trinajstić information content (AvgIpc) is 3.73. The molecule has 5 aliphatic heterocycles. The summed E-state index contributed by atoms with van der Waals surface area (Å²) in [5.74, 6) is 5.97. The number of nitrogens with one attached hydrogen (secondary N) is 8. The SMILES string of the molecule is C1CCC2C3NC(NC4NC(NC5NC(NC6NC(N3)C3CCCCC63)C3CCCCC53)C3CCCCC43)C2C1.[Cu].[H+]. The van der Waals surface area contributed by atoms with E-state index < -0.39 is 0 Å². The van der Waals surface area contributed by atoms with E-state index in [0.29, 0.717) is 49.3 Å². The van der Waals surface area contributed by atoms with Gasteiger partial charge in [0.15, 0.2) is 0 Å². The second-order valence-electron chi connectivity index (χ2n) is 15.6. The molecule has 0 aromatic rings. The van der Waals surface area contributed by atoms with Crippen molar-refractivity contribution < 1.29 is 18.5 Å². The van der Waals surface area contributed by atoms with Crippen LogP contribution in [0.2, 0.25) is 0 Å². The van der Waals surface area contributed by atoms with Gasteiger partial charge in [0.1, 0.15) is 0 Å². The van der Waals surface area contributed by atoms with Gasteiger partial charge in [-0.2, -0.15) is 0 Å². The Bertz CT molecular complexity index is 723. The normalized spacial score (nSPS) is 56.2. The van der Waals surface area contributed by atoms with Crippen molar-refractivity contribution in [3.8, 4) is 0 Å². The molecule has 0 amide bonds. The number of hydrogen-bond donors (Lipinski definition) is 8. The minimum absolute atomic E-state index is 0. The number of hydrogen-bond acceptors (Lipinski definition) is 8. The molecule has 235 valence electrons. The monoisotopic (exact) mass is 616 g/mol. The minimum Gasteiger partial charge on any atom is -0.286 e. The summed E-state index contributed by atoms with van der Waals surface area (Å²) in [6, 6.07) is 0. The van der Waals surface area contributed by atoms with Crippen molar-refractivity contribution in [2.75, 3.05) is 0 Å². The first-order chi connectivity index (χ1) is 19.8. The second-order valence-corrected chi connectivity index (χ2v) is 15.6. The summed E-state index contributed by atoms with van der Waals surface area (Å²) in [4.78, 5) is 0. The Kier molecular flexibility index (Phi) is 8.28. The van der Waals surface area contributed by atoms with E-state index in [-0.39, 0.29) is 18.5 Å². The van der Waals surface area contributed by atoms with Gasteiger partial charge in [-0.1, -0.05) is 51.4 Å². The third kappa shape index (κ3) is 5.01. The van der Waals surface area contributed by atoms with Gasteiger partial charge in [0, 0.05) is 17.1 Å². The van der Waals surface area contributed by atoms with Gasteiger partial charge in [-0.05, 0) is 98.7 Å². The third-order valence-electron chi connectivity index (χ3n) is 13.8. The summed E-state index contributed by atoms with van der Waals surface area (Å²) in [7, 11) is 0. The summed E-state index contributed by atoms with van der Waals surface area (Å²) in [6.07, 6.45) is 25.6. The van der Waals surface area contributed by atoms with Gasteiger partial charge < -0.3 is 0 Å². The van der Waals surface area contributed by atoms with E-state index in [4.69, 9.17) is 0 Å². The van der Waals surface area contributed by atoms with Crippen LogP contribution in [-0.2, 0) is 17.1 Å². The van der Waals surface area contributed by atoms with E-state index in [1.807, 2.05) is 0 Å². The summed E-state index contributed by atoms with van der Waals surface area (Å²) < 4.78 is 0. The fourth-order valence-corrected chi connectivity index (χ4v) is 12.0. The summed E-state index contributed by atoms with van der Waals surface area (Å²) in [5.41, 5.74) is 0. The van der Waals surface area contributed by atoms with Gasteiger partial charge in [-0.25, -0.2) is 0 Å². The standard InChI is InChI=1S/C32H56N8.Cu/c1-2-10-18-17(9-1)25-33-26(18)38-28-21-13-5-6-14-22(21)30(35-28)40-32-24-16-8-7-15-23(24)31(36-32)39-29-20-12-4-3-11-19(20)27(34-29)37-25;/h17-40H,1-16H2;/p+1. The van der Waals surface area contributed by atoms with Crippen LogP contribution in [0.15, 0.2) is 0 Å². The maximum Gasteiger partial charge on any atom is 1.00 e. The second kappa shape index (κ2) is 11.8. The molecule has 5 heterocycles. The predicted molar refractivity (Wildman–Crippen MR) is 158 cm³/mol. The van der Waals surface area contributed by atoms with Crippen LogP contribution in [0, 0.1) is 47.3 Å². The minimum atomic E-state index is 0. The zero-order valence-corrected chi connectivity index (χ0v) is 25.8. The Balaban J connectivity index is 0.00000144. The number of rotatable bonds is 0. The van der Waals surface area contributed by atoms with Gasteiger partial charge in [0.25, 0.3) is 0 Å². The molecule has 9 aliphatic rings. The van der Waals surface area contributed by atoms with Gasteiger partial charge in [-0.3, -0.25) is 42.5 Å². The van der Waals surface area contributed by atoms with Gasteiger partial charge in [-0.15, -0.1) is 0 Å². The van der Waals surface area contributed by atoms with Crippen molar-refractivity contribution in [3.63, 3.8) is 0 Å². The van der Waals surface area contributed by atoms with E-state index in [1.165, 1.54) is 103 Å². The van der Waals surface area contributed by atoms with Crippen LogP contribution >= 0.6 is 0 Å². The Morgan fingerprint density at radius 1 is 0.244 bits per heavy atom. The van der Waals surface area contributed by atoms with Crippen molar-refractivity contribution in [2.24, 2.45) is 47.3 Å². The van der Waals surface area contributed by atoms with Crippen molar-refractivity contribution in [2.45, 2.75) is 152 Å². The Morgan fingerprint density at radius 3 is 0.488 bits per heavy atom. The van der Waals surface area contributed by atoms with Gasteiger partial charge >= 0.3 is 1.43 Å². The summed E-state index contributed by atoms with van der Waals surface area (Å²) in [6.45, 7) is 0. The van der Waals surface area contributed by atoms with Crippen molar-refractivity contribution in [3.05, 3.63) is 0 Å². The maximum atomic E-state index is 4.26. The van der Waals surface area contributed by atoms with Crippen LogP contribution in [0.4, 0.5) is 0 Å². The maximum absolute atomic E-state index is 4.26. The summed E-state index contributed by atoms with van der Waals surface area (Å²) >= 11 is 0. The molecule has 0 aromatic heterocycles. The molecule has 8 atom stereocenters. The molecule has 9 heteroatoms. The van der Waals surface area contributed by atoms with Crippen LogP contribution in [0.25, 0.3) is 0 Å².